The monoisotopic (exact) mass is 602 g/mol. The van der Waals surface area contributed by atoms with Crippen LogP contribution in [0.2, 0.25) is 5.02 Å². The lowest BCUT2D eigenvalue weighted by Crippen LogP contribution is -2.39. The highest BCUT2D eigenvalue weighted by atomic mass is 35.5. The van der Waals surface area contributed by atoms with Crippen LogP contribution in [-0.2, 0) is 21.0 Å². The number of hydrogen-bond donors (Lipinski definition) is 1. The zero-order valence-electron chi connectivity index (χ0n) is 22.3. The van der Waals surface area contributed by atoms with E-state index < -0.39 is 39.2 Å². The minimum Gasteiger partial charge on any atom is -0.318 e. The average Bonchev–Trinajstić information content (AvgIpc) is 3.20. The van der Waals surface area contributed by atoms with Crippen molar-refractivity contribution in [2.45, 2.75) is 31.8 Å². The number of hydrazone groups is 1. The minimum atomic E-state index is -4.84. The standard InChI is InChI=1S/C29H26ClF3N4O3S/c1-19-9-7-8-12-27(19)37-20(2)15-22(21(37)3)17-34-35-28(38)18-36(41(39,40)24-10-5-4-6-11-24)23-13-14-26(30)25(16-23)29(31,32)33/h4-17H,18H2,1-3H3,(H,35,38)/b34-17-. The van der Waals surface area contributed by atoms with Crippen LogP contribution in [0.25, 0.3) is 5.69 Å². The number of para-hydroxylation sites is 1. The summed E-state index contributed by atoms with van der Waals surface area (Å²) in [5.41, 5.74) is 5.26. The largest absolute Gasteiger partial charge is 0.417 e. The summed E-state index contributed by atoms with van der Waals surface area (Å²) >= 11 is 5.73. The van der Waals surface area contributed by atoms with E-state index in [9.17, 15) is 26.4 Å². The molecule has 0 saturated heterocycles. The van der Waals surface area contributed by atoms with Gasteiger partial charge in [0.15, 0.2) is 0 Å². The first-order chi connectivity index (χ1) is 19.3. The second-order valence-corrected chi connectivity index (χ2v) is 11.5. The second kappa shape index (κ2) is 11.8. The first kappa shape index (κ1) is 29.9. The molecule has 12 heteroatoms. The Morgan fingerprint density at radius 2 is 1.66 bits per heavy atom. The fourth-order valence-corrected chi connectivity index (χ4v) is 6.02. The number of amides is 1. The van der Waals surface area contributed by atoms with Gasteiger partial charge in [-0.2, -0.15) is 18.3 Å². The predicted molar refractivity (Wildman–Crippen MR) is 153 cm³/mol. The van der Waals surface area contributed by atoms with Gasteiger partial charge in [0.1, 0.15) is 6.54 Å². The van der Waals surface area contributed by atoms with Crippen LogP contribution in [0.1, 0.15) is 28.1 Å². The molecule has 1 amide bonds. The summed E-state index contributed by atoms with van der Waals surface area (Å²) < 4.78 is 70.2. The number of carbonyl (C=O) groups excluding carboxylic acids is 1. The fraction of sp³-hybridized carbons (Fsp3) is 0.172. The molecule has 0 atom stereocenters. The number of aryl methyl sites for hydroxylation is 2. The number of nitrogens with one attached hydrogen (secondary N) is 1. The highest BCUT2D eigenvalue weighted by Crippen LogP contribution is 2.38. The lowest BCUT2D eigenvalue weighted by Gasteiger charge is -2.24. The number of halogens is 4. The van der Waals surface area contributed by atoms with Gasteiger partial charge in [0.2, 0.25) is 0 Å². The molecule has 0 saturated carbocycles. The van der Waals surface area contributed by atoms with Crippen molar-refractivity contribution in [2.24, 2.45) is 5.10 Å². The van der Waals surface area contributed by atoms with Crippen molar-refractivity contribution >= 4 is 39.4 Å². The highest BCUT2D eigenvalue weighted by molar-refractivity contribution is 7.92. The Hall–Kier alpha value is -4.09. The number of hydrogen-bond acceptors (Lipinski definition) is 4. The van der Waals surface area contributed by atoms with Gasteiger partial charge < -0.3 is 4.57 Å². The van der Waals surface area contributed by atoms with Crippen LogP contribution in [0.3, 0.4) is 0 Å². The summed E-state index contributed by atoms with van der Waals surface area (Å²) in [5.74, 6) is -0.864. The van der Waals surface area contributed by atoms with Gasteiger partial charge in [-0.25, -0.2) is 13.8 Å². The zero-order valence-corrected chi connectivity index (χ0v) is 23.8. The van der Waals surface area contributed by atoms with Gasteiger partial charge in [0, 0.05) is 22.6 Å². The van der Waals surface area contributed by atoms with Crippen LogP contribution in [-0.4, -0.2) is 31.7 Å². The fourth-order valence-electron chi connectivity index (χ4n) is 4.36. The quantitative estimate of drug-likeness (QED) is 0.187. The molecule has 1 N–H and O–H groups in total. The molecule has 214 valence electrons. The molecule has 0 radical (unpaired) electrons. The second-order valence-electron chi connectivity index (χ2n) is 9.23. The number of anilines is 1. The third kappa shape index (κ3) is 6.47. The number of aromatic nitrogens is 1. The third-order valence-corrected chi connectivity index (χ3v) is 8.50. The molecule has 0 aliphatic heterocycles. The predicted octanol–water partition coefficient (Wildman–Crippen LogP) is 6.42. The number of rotatable bonds is 8. The molecule has 7 nitrogen and oxygen atoms in total. The maximum Gasteiger partial charge on any atom is 0.417 e. The van der Waals surface area contributed by atoms with Gasteiger partial charge in [-0.05, 0) is 68.8 Å². The van der Waals surface area contributed by atoms with E-state index in [0.29, 0.717) is 15.9 Å². The molecule has 4 rings (SSSR count). The number of alkyl halides is 3. The SMILES string of the molecule is Cc1ccccc1-n1c(C)cc(/C=N\NC(=O)CN(c2ccc(Cl)c(C(F)(F)F)c2)S(=O)(=O)c2ccccc2)c1C. The smallest absolute Gasteiger partial charge is 0.318 e. The molecular formula is C29H26ClF3N4O3S. The molecule has 0 aliphatic carbocycles. The summed E-state index contributed by atoms with van der Waals surface area (Å²) in [6.07, 6.45) is -3.42. The normalized spacial score (nSPS) is 12.1. The first-order valence-corrected chi connectivity index (χ1v) is 14.1. The van der Waals surface area contributed by atoms with Gasteiger partial charge in [0.25, 0.3) is 15.9 Å². The lowest BCUT2D eigenvalue weighted by molar-refractivity contribution is -0.137. The molecule has 1 aromatic heterocycles. The Balaban J connectivity index is 1.62. The van der Waals surface area contributed by atoms with E-state index in [1.54, 1.807) is 6.07 Å². The van der Waals surface area contributed by atoms with E-state index in [1.165, 1.54) is 30.5 Å². The van der Waals surface area contributed by atoms with Crippen LogP contribution >= 0.6 is 11.6 Å². The molecule has 0 fully saturated rings. The number of nitrogens with zero attached hydrogens (tertiary/aromatic N) is 3. The molecule has 0 unspecified atom stereocenters. The van der Waals surface area contributed by atoms with Crippen molar-refractivity contribution < 1.29 is 26.4 Å². The van der Waals surface area contributed by atoms with E-state index in [-0.39, 0.29) is 10.6 Å². The van der Waals surface area contributed by atoms with Crippen LogP contribution < -0.4 is 9.73 Å². The van der Waals surface area contributed by atoms with Crippen molar-refractivity contribution in [2.75, 3.05) is 10.8 Å². The Morgan fingerprint density at radius 1 is 1.00 bits per heavy atom. The van der Waals surface area contributed by atoms with Gasteiger partial charge >= 0.3 is 6.18 Å². The highest BCUT2D eigenvalue weighted by Gasteiger charge is 2.35. The van der Waals surface area contributed by atoms with Crippen molar-refractivity contribution in [3.63, 3.8) is 0 Å². The van der Waals surface area contributed by atoms with E-state index in [4.69, 9.17) is 11.6 Å². The Kier molecular flexibility index (Phi) is 8.60. The minimum absolute atomic E-state index is 0.205. The molecule has 1 heterocycles. The lowest BCUT2D eigenvalue weighted by atomic mass is 10.2. The summed E-state index contributed by atoms with van der Waals surface area (Å²) in [4.78, 5) is 12.7. The van der Waals surface area contributed by atoms with Gasteiger partial charge in [-0.1, -0.05) is 48.0 Å². The van der Waals surface area contributed by atoms with E-state index >= 15 is 0 Å². The molecule has 4 aromatic rings. The number of benzene rings is 3. The van der Waals surface area contributed by atoms with E-state index in [2.05, 4.69) is 10.5 Å². The Bertz CT molecular complexity index is 1720. The molecule has 41 heavy (non-hydrogen) atoms. The van der Waals surface area contributed by atoms with Crippen LogP contribution in [0.5, 0.6) is 0 Å². The van der Waals surface area contributed by atoms with E-state index in [0.717, 1.165) is 34.8 Å². The van der Waals surface area contributed by atoms with E-state index in [1.807, 2.05) is 55.7 Å². The van der Waals surface area contributed by atoms with Gasteiger partial charge in [-0.3, -0.25) is 9.10 Å². The first-order valence-electron chi connectivity index (χ1n) is 12.3. The Labute approximate surface area is 240 Å². The average molecular weight is 603 g/mol. The molecule has 0 aliphatic rings. The van der Waals surface area contributed by atoms with Crippen LogP contribution in [0.4, 0.5) is 18.9 Å². The van der Waals surface area contributed by atoms with Crippen LogP contribution in [0, 0.1) is 20.8 Å². The van der Waals surface area contributed by atoms with Crippen molar-refractivity contribution in [1.29, 1.82) is 0 Å². The maximum absolute atomic E-state index is 13.5. The van der Waals surface area contributed by atoms with Crippen molar-refractivity contribution in [1.82, 2.24) is 9.99 Å². The summed E-state index contributed by atoms with van der Waals surface area (Å²) in [6.45, 7) is 4.99. The molecule has 3 aromatic carbocycles. The third-order valence-electron chi connectivity index (χ3n) is 6.38. The number of carbonyl (C=O) groups is 1. The van der Waals surface area contributed by atoms with Crippen molar-refractivity contribution in [3.8, 4) is 5.69 Å². The summed E-state index contributed by atoms with van der Waals surface area (Å²) in [7, 11) is -4.44. The molecule has 0 spiro atoms. The van der Waals surface area contributed by atoms with Crippen molar-refractivity contribution in [3.05, 3.63) is 112 Å². The zero-order chi connectivity index (χ0) is 29.9. The molecular weight excluding hydrogens is 577 g/mol. The maximum atomic E-state index is 13.5. The summed E-state index contributed by atoms with van der Waals surface area (Å²) in [6, 6.07) is 19.5. The summed E-state index contributed by atoms with van der Waals surface area (Å²) in [5, 5.41) is 3.38. The van der Waals surface area contributed by atoms with Crippen LogP contribution in [0.15, 0.2) is 88.9 Å². The topological polar surface area (TPSA) is 83.8 Å². The molecule has 0 bridgehead atoms. The Morgan fingerprint density at radius 3 is 2.32 bits per heavy atom. The van der Waals surface area contributed by atoms with Gasteiger partial charge in [-0.15, -0.1) is 0 Å². The number of sulfonamides is 1. The van der Waals surface area contributed by atoms with Gasteiger partial charge in [0.05, 0.1) is 27.4 Å².